The van der Waals surface area contributed by atoms with Crippen LogP contribution in [-0.4, -0.2) is 61.2 Å². The quantitative estimate of drug-likeness (QED) is 0.356. The molecular formula is C27H27ClN4O4. The maximum absolute atomic E-state index is 12.8. The van der Waals surface area contributed by atoms with Crippen molar-refractivity contribution in [3.05, 3.63) is 83.0 Å². The van der Waals surface area contributed by atoms with Gasteiger partial charge in [-0.25, -0.2) is 4.98 Å². The molecule has 9 heteroatoms. The van der Waals surface area contributed by atoms with Crippen molar-refractivity contribution < 1.29 is 19.1 Å². The summed E-state index contributed by atoms with van der Waals surface area (Å²) in [6, 6.07) is 16.4. The summed E-state index contributed by atoms with van der Waals surface area (Å²) in [7, 11) is 0. The summed E-state index contributed by atoms with van der Waals surface area (Å²) in [4.78, 5) is 30.6. The Kier molecular flexibility index (Phi) is 8.54. The molecule has 4 rings (SSSR count). The first-order valence-corrected chi connectivity index (χ1v) is 11.9. The zero-order valence-electron chi connectivity index (χ0n) is 19.7. The van der Waals surface area contributed by atoms with Crippen molar-refractivity contribution >= 4 is 35.3 Å². The maximum Gasteiger partial charge on any atom is 0.254 e. The Balaban J connectivity index is 1.29. The third-order valence-electron chi connectivity index (χ3n) is 5.57. The second kappa shape index (κ2) is 12.2. The molecule has 3 N–H and O–H groups in total. The molecule has 36 heavy (non-hydrogen) atoms. The van der Waals surface area contributed by atoms with E-state index < -0.39 is 0 Å². The number of halogens is 1. The second-order valence-corrected chi connectivity index (χ2v) is 8.53. The lowest BCUT2D eigenvalue weighted by Crippen LogP contribution is -2.40. The smallest absolute Gasteiger partial charge is 0.254 e. The van der Waals surface area contributed by atoms with Gasteiger partial charge in [-0.15, -0.1) is 0 Å². The topological polar surface area (TPSA) is 107 Å². The minimum absolute atomic E-state index is 0.00627. The zero-order valence-corrected chi connectivity index (χ0v) is 20.4. The van der Waals surface area contributed by atoms with Crippen LogP contribution in [0, 0.1) is 0 Å². The van der Waals surface area contributed by atoms with Crippen LogP contribution in [0.3, 0.4) is 0 Å². The number of amides is 2. The highest BCUT2D eigenvalue weighted by atomic mass is 35.5. The van der Waals surface area contributed by atoms with Crippen LogP contribution >= 0.6 is 11.6 Å². The predicted molar refractivity (Wildman–Crippen MR) is 140 cm³/mol. The molecule has 0 bridgehead atoms. The first kappa shape index (κ1) is 25.2. The Morgan fingerprint density at radius 3 is 2.67 bits per heavy atom. The van der Waals surface area contributed by atoms with Gasteiger partial charge in [0.2, 0.25) is 5.91 Å². The number of morpholine rings is 1. The molecule has 1 fully saturated rings. The average molecular weight is 507 g/mol. The fourth-order valence-corrected chi connectivity index (χ4v) is 3.89. The summed E-state index contributed by atoms with van der Waals surface area (Å²) in [5.74, 6) is 0.683. The zero-order chi connectivity index (χ0) is 25.3. The molecule has 186 valence electrons. The van der Waals surface area contributed by atoms with Crippen LogP contribution in [0.25, 0.3) is 17.2 Å². The first-order valence-electron chi connectivity index (χ1n) is 11.6. The van der Waals surface area contributed by atoms with Gasteiger partial charge in [-0.3, -0.25) is 9.59 Å². The monoisotopic (exact) mass is 506 g/mol. The Hall–Kier alpha value is -3.88. The number of benzene rings is 2. The van der Waals surface area contributed by atoms with Crippen LogP contribution in [0.5, 0.6) is 5.75 Å². The van der Waals surface area contributed by atoms with Crippen molar-refractivity contribution in [3.63, 3.8) is 0 Å². The third-order valence-corrected chi connectivity index (χ3v) is 5.86. The minimum atomic E-state index is -0.247. The SMILES string of the molecule is Nc1ccc(/C=C/C(=O)NCCOc2ccc(-c3cccc(C(=O)N4CCOCC4)c3)cc2Cl)cn1. The minimum Gasteiger partial charge on any atom is -0.490 e. The van der Waals surface area contributed by atoms with E-state index in [0.29, 0.717) is 55.0 Å². The van der Waals surface area contributed by atoms with Gasteiger partial charge in [0.15, 0.2) is 0 Å². The van der Waals surface area contributed by atoms with Gasteiger partial charge < -0.3 is 25.4 Å². The van der Waals surface area contributed by atoms with E-state index in [9.17, 15) is 9.59 Å². The van der Waals surface area contributed by atoms with E-state index in [4.69, 9.17) is 26.8 Å². The Morgan fingerprint density at radius 1 is 1.11 bits per heavy atom. The molecule has 0 spiro atoms. The van der Waals surface area contributed by atoms with E-state index >= 15 is 0 Å². The highest BCUT2D eigenvalue weighted by molar-refractivity contribution is 6.32. The molecule has 1 aromatic heterocycles. The first-order chi connectivity index (χ1) is 17.5. The summed E-state index contributed by atoms with van der Waals surface area (Å²) in [6.07, 6.45) is 4.67. The van der Waals surface area contributed by atoms with Crippen LogP contribution in [0.4, 0.5) is 5.82 Å². The summed E-state index contributed by atoms with van der Waals surface area (Å²) in [5.41, 5.74) is 8.71. The van der Waals surface area contributed by atoms with Crippen molar-refractivity contribution in [2.24, 2.45) is 0 Å². The molecule has 3 aromatic rings. The number of pyridine rings is 1. The summed E-state index contributed by atoms with van der Waals surface area (Å²) >= 11 is 6.45. The second-order valence-electron chi connectivity index (χ2n) is 8.12. The van der Waals surface area contributed by atoms with E-state index in [1.54, 1.807) is 41.4 Å². The fraction of sp³-hybridized carbons (Fsp3) is 0.222. The van der Waals surface area contributed by atoms with Crippen LogP contribution in [0.2, 0.25) is 5.02 Å². The molecule has 0 saturated carbocycles. The van der Waals surface area contributed by atoms with Crippen molar-refractivity contribution in [3.8, 4) is 16.9 Å². The van der Waals surface area contributed by atoms with Gasteiger partial charge in [0.05, 0.1) is 24.8 Å². The molecule has 0 radical (unpaired) electrons. The number of nitrogens with zero attached hydrogens (tertiary/aromatic N) is 2. The summed E-state index contributed by atoms with van der Waals surface area (Å²) < 4.78 is 11.1. The van der Waals surface area contributed by atoms with Gasteiger partial charge in [0.25, 0.3) is 5.91 Å². The van der Waals surface area contributed by atoms with Gasteiger partial charge in [0.1, 0.15) is 18.2 Å². The molecule has 0 unspecified atom stereocenters. The summed E-state index contributed by atoms with van der Waals surface area (Å²) in [5, 5.41) is 3.20. The molecule has 2 amide bonds. The van der Waals surface area contributed by atoms with Crippen molar-refractivity contribution in [1.82, 2.24) is 15.2 Å². The van der Waals surface area contributed by atoms with Crippen molar-refractivity contribution in [2.45, 2.75) is 0 Å². The molecule has 1 aliphatic heterocycles. The van der Waals surface area contributed by atoms with Gasteiger partial charge in [-0.2, -0.15) is 0 Å². The number of nitrogens with one attached hydrogen (secondary N) is 1. The van der Waals surface area contributed by atoms with Gasteiger partial charge >= 0.3 is 0 Å². The molecule has 1 saturated heterocycles. The van der Waals surface area contributed by atoms with Crippen molar-refractivity contribution in [1.29, 1.82) is 0 Å². The molecule has 8 nitrogen and oxygen atoms in total. The van der Waals surface area contributed by atoms with E-state index in [-0.39, 0.29) is 18.4 Å². The number of nitrogens with two attached hydrogens (primary N) is 1. The molecule has 1 aliphatic rings. The van der Waals surface area contributed by atoms with E-state index in [1.807, 2.05) is 30.3 Å². The number of carbonyl (C=O) groups is 2. The Labute approximate surface area is 214 Å². The van der Waals surface area contributed by atoms with Crippen LogP contribution in [0.1, 0.15) is 15.9 Å². The number of hydrogen-bond donors (Lipinski definition) is 2. The van der Waals surface area contributed by atoms with Crippen molar-refractivity contribution in [2.75, 3.05) is 45.2 Å². The summed E-state index contributed by atoms with van der Waals surface area (Å²) in [6.45, 7) is 2.88. The number of rotatable bonds is 8. The molecular weight excluding hydrogens is 480 g/mol. The lowest BCUT2D eigenvalue weighted by molar-refractivity contribution is -0.116. The molecule has 2 heterocycles. The fourth-order valence-electron chi connectivity index (χ4n) is 3.66. The normalized spacial score (nSPS) is 13.5. The number of carbonyl (C=O) groups excluding carboxylic acids is 2. The van der Waals surface area contributed by atoms with E-state index in [1.165, 1.54) is 6.08 Å². The number of aromatic nitrogens is 1. The van der Waals surface area contributed by atoms with Crippen LogP contribution in [-0.2, 0) is 9.53 Å². The number of hydrogen-bond acceptors (Lipinski definition) is 6. The van der Waals surface area contributed by atoms with Gasteiger partial charge in [0, 0.05) is 30.9 Å². The van der Waals surface area contributed by atoms with E-state index in [2.05, 4.69) is 10.3 Å². The number of anilines is 1. The predicted octanol–water partition coefficient (Wildman–Crippen LogP) is 3.67. The number of nitrogen functional groups attached to an aromatic ring is 1. The lowest BCUT2D eigenvalue weighted by Gasteiger charge is -2.27. The molecule has 0 aliphatic carbocycles. The van der Waals surface area contributed by atoms with Crippen LogP contribution < -0.4 is 15.8 Å². The number of ether oxygens (including phenoxy) is 2. The Bertz CT molecular complexity index is 1240. The Morgan fingerprint density at radius 2 is 1.92 bits per heavy atom. The average Bonchev–Trinajstić information content (AvgIpc) is 2.91. The highest BCUT2D eigenvalue weighted by Crippen LogP contribution is 2.31. The van der Waals surface area contributed by atoms with Gasteiger partial charge in [-0.05, 0) is 59.2 Å². The van der Waals surface area contributed by atoms with Gasteiger partial charge in [-0.1, -0.05) is 29.8 Å². The third kappa shape index (κ3) is 6.84. The molecule has 0 atom stereocenters. The molecule has 2 aromatic carbocycles. The standard InChI is InChI=1S/C27H27ClN4O4/c28-23-17-21(20-2-1-3-22(16-20)27(34)32-11-14-35-15-12-32)6-7-24(23)36-13-10-30-26(33)9-5-19-4-8-25(29)31-18-19/h1-9,16-18H,10-15H2,(H2,29,31)(H,30,33)/b9-5+. The van der Waals surface area contributed by atoms with E-state index in [0.717, 1.165) is 16.7 Å². The maximum atomic E-state index is 12.8. The largest absolute Gasteiger partial charge is 0.490 e. The highest BCUT2D eigenvalue weighted by Gasteiger charge is 2.19. The lowest BCUT2D eigenvalue weighted by atomic mass is 10.0. The van der Waals surface area contributed by atoms with Crippen LogP contribution in [0.15, 0.2) is 66.9 Å².